The molecular formula is C28H34FN8O6P. The summed E-state index contributed by atoms with van der Waals surface area (Å²) in [7, 11) is -4.74. The van der Waals surface area contributed by atoms with Crippen molar-refractivity contribution in [3.05, 3.63) is 65.3 Å². The molecule has 1 fully saturated rings. The smallest absolute Gasteiger partial charge is 0.332 e. The van der Waals surface area contributed by atoms with Gasteiger partial charge in [0.05, 0.1) is 17.4 Å². The minimum absolute atomic E-state index is 0.148. The molecule has 0 unspecified atom stereocenters. The van der Waals surface area contributed by atoms with E-state index in [1.165, 1.54) is 24.0 Å². The number of aryl methyl sites for hydroxylation is 1. The summed E-state index contributed by atoms with van der Waals surface area (Å²) in [6.07, 6.45) is 1.59. The van der Waals surface area contributed by atoms with Gasteiger partial charge in [0.2, 0.25) is 5.82 Å². The Labute approximate surface area is 252 Å². The number of rotatable bonds is 6. The lowest BCUT2D eigenvalue weighted by atomic mass is 9.87. The Balaban J connectivity index is 1.38. The number of hydrogen-bond donors (Lipinski definition) is 2. The number of amides is 2. The van der Waals surface area contributed by atoms with Gasteiger partial charge in [-0.05, 0) is 56.5 Å². The predicted octanol–water partition coefficient (Wildman–Crippen LogP) is 3.18. The van der Waals surface area contributed by atoms with Crippen molar-refractivity contribution >= 4 is 25.3 Å². The van der Waals surface area contributed by atoms with Crippen LogP contribution in [-0.2, 0) is 21.2 Å². The maximum atomic E-state index is 13.9. The average Bonchev–Trinajstić information content (AvgIpc) is 3.52. The molecule has 2 N–H and O–H groups in total. The maximum absolute atomic E-state index is 13.9. The monoisotopic (exact) mass is 628 g/mol. The number of aromatic nitrogens is 6. The third-order valence-electron chi connectivity index (χ3n) is 7.42. The normalized spacial score (nSPS) is 15.7. The lowest BCUT2D eigenvalue weighted by Gasteiger charge is -2.46. The van der Waals surface area contributed by atoms with Crippen molar-refractivity contribution < 1.29 is 32.9 Å². The zero-order valence-electron chi connectivity index (χ0n) is 25.2. The summed E-state index contributed by atoms with van der Waals surface area (Å²) in [5.41, 5.74) is 1.83. The molecule has 0 bridgehead atoms. The zero-order valence-corrected chi connectivity index (χ0v) is 26.1. The van der Waals surface area contributed by atoms with E-state index in [0.717, 1.165) is 15.8 Å². The molecule has 0 saturated carbocycles. The van der Waals surface area contributed by atoms with Gasteiger partial charge < -0.3 is 19.6 Å². The van der Waals surface area contributed by atoms with Crippen LogP contribution in [0.5, 0.6) is 0 Å². The van der Waals surface area contributed by atoms with Gasteiger partial charge in [0, 0.05) is 30.8 Å². The fourth-order valence-electron chi connectivity index (χ4n) is 5.14. The topological polar surface area (TPSA) is 168 Å². The number of nitrogens with zero attached hydrogens (tertiary/aromatic N) is 8. The highest BCUT2D eigenvalue weighted by Crippen LogP contribution is 2.36. The molecule has 1 saturated heterocycles. The van der Waals surface area contributed by atoms with Crippen molar-refractivity contribution in [2.45, 2.75) is 59.2 Å². The van der Waals surface area contributed by atoms with E-state index in [-0.39, 0.29) is 54.1 Å². The van der Waals surface area contributed by atoms with E-state index in [1.54, 1.807) is 27.7 Å². The number of carbonyl (C=O) groups excluding carboxylic acids is 2. The molecule has 5 rings (SSSR count). The fraction of sp³-hybridized carbons (Fsp3) is 0.429. The quantitative estimate of drug-likeness (QED) is 0.303. The van der Waals surface area contributed by atoms with Gasteiger partial charge in [-0.3, -0.25) is 14.1 Å². The number of fused-ring (bicyclic) bond motifs is 1. The number of carbonyl (C=O) groups is 2. The number of benzene rings is 1. The summed E-state index contributed by atoms with van der Waals surface area (Å²) in [5.74, 6) is -1.05. The Hall–Kier alpha value is -4.04. The van der Waals surface area contributed by atoms with Crippen LogP contribution in [0.1, 0.15) is 67.1 Å². The molecular weight excluding hydrogens is 594 g/mol. The Morgan fingerprint density at radius 3 is 2.36 bits per heavy atom. The summed E-state index contributed by atoms with van der Waals surface area (Å²) in [6, 6.07) is 7.96. The van der Waals surface area contributed by atoms with Gasteiger partial charge in [-0.2, -0.15) is 5.10 Å². The van der Waals surface area contributed by atoms with Crippen molar-refractivity contribution in [3.63, 3.8) is 0 Å². The lowest BCUT2D eigenvalue weighted by molar-refractivity contribution is 0.0160. The van der Waals surface area contributed by atoms with Gasteiger partial charge in [0.1, 0.15) is 17.3 Å². The van der Waals surface area contributed by atoms with E-state index in [4.69, 9.17) is 14.8 Å². The first-order valence-electron chi connectivity index (χ1n) is 13.8. The summed E-state index contributed by atoms with van der Waals surface area (Å²) >= 11 is 0. The molecule has 2 amide bonds. The van der Waals surface area contributed by atoms with Crippen molar-refractivity contribution in [2.75, 3.05) is 19.6 Å². The third-order valence-corrected chi connectivity index (χ3v) is 7.87. The van der Waals surface area contributed by atoms with E-state index in [1.807, 2.05) is 40.7 Å². The molecule has 16 heteroatoms. The number of phosphoric ester groups is 1. The highest BCUT2D eigenvalue weighted by molar-refractivity contribution is 7.46. The Morgan fingerprint density at radius 2 is 1.75 bits per heavy atom. The minimum atomic E-state index is -4.74. The van der Waals surface area contributed by atoms with Gasteiger partial charge >= 0.3 is 7.82 Å². The van der Waals surface area contributed by atoms with Crippen LogP contribution in [0.3, 0.4) is 0 Å². The first kappa shape index (κ1) is 31.4. The number of imidazole rings is 1. The van der Waals surface area contributed by atoms with Crippen molar-refractivity contribution in [1.29, 1.82) is 0 Å². The summed E-state index contributed by atoms with van der Waals surface area (Å²) < 4.78 is 31.7. The van der Waals surface area contributed by atoms with Crippen LogP contribution in [-0.4, -0.2) is 85.9 Å². The standard InChI is InChI=1S/C28H34FN8O6P/c1-17-30-23(33-37(17)16-43-44(40,41)42)26(39)34-11-12-35(28(5,6)15-34)25(38)22-14-36-24(31-22)20(27(2,3)4)13-21(32-36)18-7-9-19(29)10-8-18/h7-10,13-14H,11-12,15-16H2,1-6H3,(H2,40,41,42). The molecule has 14 nitrogen and oxygen atoms in total. The number of piperazine rings is 1. The number of hydrogen-bond acceptors (Lipinski definition) is 8. The van der Waals surface area contributed by atoms with E-state index in [9.17, 15) is 18.5 Å². The SMILES string of the molecule is Cc1nc(C(=O)N2CCN(C(=O)c3cn4nc(-c5ccc(F)cc5)cc(C(C)(C)C)c4n3)C(C)(C)C2)nn1COP(=O)(O)O. The highest BCUT2D eigenvalue weighted by atomic mass is 31.2. The van der Waals surface area contributed by atoms with Gasteiger partial charge in [-0.1, -0.05) is 20.8 Å². The molecule has 234 valence electrons. The number of phosphoric acid groups is 1. The van der Waals surface area contributed by atoms with Crippen LogP contribution in [0.15, 0.2) is 36.5 Å². The van der Waals surface area contributed by atoms with Gasteiger partial charge in [0.15, 0.2) is 12.4 Å². The molecule has 0 spiro atoms. The molecule has 44 heavy (non-hydrogen) atoms. The Bertz CT molecular complexity index is 1790. The van der Waals surface area contributed by atoms with Crippen LogP contribution in [0, 0.1) is 12.7 Å². The first-order chi connectivity index (χ1) is 20.4. The van der Waals surface area contributed by atoms with Crippen molar-refractivity contribution in [2.24, 2.45) is 0 Å². The third kappa shape index (κ3) is 6.41. The summed E-state index contributed by atoms with van der Waals surface area (Å²) in [5, 5.41) is 8.73. The summed E-state index contributed by atoms with van der Waals surface area (Å²) in [4.78, 5) is 57.1. The van der Waals surface area contributed by atoms with E-state index in [2.05, 4.69) is 19.7 Å². The molecule has 3 aromatic heterocycles. The minimum Gasteiger partial charge on any atom is -0.332 e. The van der Waals surface area contributed by atoms with Gasteiger partial charge in [-0.25, -0.2) is 28.1 Å². The Morgan fingerprint density at radius 1 is 1.07 bits per heavy atom. The van der Waals surface area contributed by atoms with Crippen molar-refractivity contribution in [3.8, 4) is 11.3 Å². The van der Waals surface area contributed by atoms with Crippen LogP contribution >= 0.6 is 7.82 Å². The Kier molecular flexibility index (Phi) is 7.95. The van der Waals surface area contributed by atoms with Crippen LogP contribution in [0.4, 0.5) is 4.39 Å². The van der Waals surface area contributed by atoms with E-state index >= 15 is 0 Å². The lowest BCUT2D eigenvalue weighted by Crippen LogP contribution is -2.62. The van der Waals surface area contributed by atoms with Crippen LogP contribution in [0.2, 0.25) is 0 Å². The second kappa shape index (κ2) is 11.1. The second-order valence-corrected chi connectivity index (χ2v) is 13.6. The molecule has 1 aliphatic rings. The summed E-state index contributed by atoms with van der Waals surface area (Å²) in [6.45, 7) is 11.4. The second-order valence-electron chi connectivity index (χ2n) is 12.3. The molecule has 0 aliphatic carbocycles. The average molecular weight is 629 g/mol. The highest BCUT2D eigenvalue weighted by Gasteiger charge is 2.40. The molecule has 4 aromatic rings. The molecule has 1 aromatic carbocycles. The first-order valence-corrected chi connectivity index (χ1v) is 15.4. The van der Waals surface area contributed by atoms with E-state index < -0.39 is 26.0 Å². The predicted molar refractivity (Wildman–Crippen MR) is 156 cm³/mol. The molecule has 4 heterocycles. The number of halogens is 1. The molecule has 0 radical (unpaired) electrons. The largest absolute Gasteiger partial charge is 0.471 e. The van der Waals surface area contributed by atoms with Crippen LogP contribution < -0.4 is 0 Å². The van der Waals surface area contributed by atoms with E-state index in [0.29, 0.717) is 11.3 Å². The van der Waals surface area contributed by atoms with Crippen LogP contribution in [0.25, 0.3) is 16.9 Å². The molecule has 0 atom stereocenters. The maximum Gasteiger partial charge on any atom is 0.471 e. The fourth-order valence-corrected chi connectivity index (χ4v) is 5.40. The molecule has 1 aliphatic heterocycles. The van der Waals surface area contributed by atoms with Crippen molar-refractivity contribution in [1.82, 2.24) is 39.2 Å². The van der Waals surface area contributed by atoms with Gasteiger partial charge in [-0.15, -0.1) is 5.10 Å². The zero-order chi connectivity index (χ0) is 32.2. The van der Waals surface area contributed by atoms with Gasteiger partial charge in [0.25, 0.3) is 11.8 Å².